The summed E-state index contributed by atoms with van der Waals surface area (Å²) in [5.74, 6) is -0.733. The number of ether oxygens (including phenoxy) is 1. The maximum Gasteiger partial charge on any atom is 0.308 e. The monoisotopic (exact) mass is 358 g/mol. The van der Waals surface area contributed by atoms with E-state index in [1.807, 2.05) is 0 Å². The number of amides is 1. The van der Waals surface area contributed by atoms with Crippen molar-refractivity contribution in [1.82, 2.24) is 9.96 Å². The Morgan fingerprint density at radius 1 is 0.840 bits per heavy atom. The normalized spacial score (nSPS) is 11.6. The van der Waals surface area contributed by atoms with Crippen LogP contribution in [0.3, 0.4) is 0 Å². The number of hydroxylamine groups is 2. The minimum Gasteiger partial charge on any atom is -0.460 e. The summed E-state index contributed by atoms with van der Waals surface area (Å²) in [6.45, 7) is 6.49. The van der Waals surface area contributed by atoms with Crippen LogP contribution in [0.5, 0.6) is 0 Å². The van der Waals surface area contributed by atoms with E-state index >= 15 is 0 Å². The lowest BCUT2D eigenvalue weighted by molar-refractivity contribution is -0.170. The van der Waals surface area contributed by atoms with Gasteiger partial charge in [-0.25, -0.2) is 5.06 Å². The second kappa shape index (κ2) is 13.1. The molecule has 0 fully saturated rings. The molecule has 25 heavy (non-hydrogen) atoms. The van der Waals surface area contributed by atoms with Gasteiger partial charge in [-0.15, -0.1) is 0 Å². The molecule has 0 heterocycles. The molecule has 0 atom stereocenters. The molecule has 0 aromatic heterocycles. The second-order valence-electron chi connectivity index (χ2n) is 7.88. The van der Waals surface area contributed by atoms with Gasteiger partial charge in [0.15, 0.2) is 0 Å². The van der Waals surface area contributed by atoms with Gasteiger partial charge in [-0.2, -0.15) is 0 Å². The summed E-state index contributed by atoms with van der Waals surface area (Å²) >= 11 is 0. The zero-order valence-electron chi connectivity index (χ0n) is 16.8. The molecule has 0 aliphatic rings. The average Bonchev–Trinajstić information content (AvgIpc) is 2.48. The number of rotatable bonds is 13. The number of esters is 1. The molecule has 0 aromatic rings. The molecule has 0 rings (SSSR count). The molecule has 0 saturated heterocycles. The van der Waals surface area contributed by atoms with Crippen molar-refractivity contribution in [2.75, 3.05) is 27.2 Å². The third-order valence-electron chi connectivity index (χ3n) is 3.73. The zero-order chi connectivity index (χ0) is 19.3. The molecule has 0 radical (unpaired) electrons. The molecule has 0 aliphatic heterocycles. The minimum atomic E-state index is -0.548. The first-order valence-corrected chi connectivity index (χ1v) is 9.47. The fourth-order valence-corrected chi connectivity index (χ4v) is 2.43. The summed E-state index contributed by atoms with van der Waals surface area (Å²) < 4.78 is 5.14. The standard InChI is InChI=1S/C19H38N2O4/c1-19(2,3)25-18(23)14-16-21(24)17(22)13-11-9-7-6-8-10-12-15-20(4)5/h24H,6-16H2,1-5H3. The van der Waals surface area contributed by atoms with E-state index in [0.717, 1.165) is 25.8 Å². The molecule has 0 bridgehead atoms. The van der Waals surface area contributed by atoms with Crippen LogP contribution < -0.4 is 0 Å². The maximum absolute atomic E-state index is 11.8. The van der Waals surface area contributed by atoms with Crippen LogP contribution in [-0.2, 0) is 14.3 Å². The molecule has 0 aliphatic carbocycles. The van der Waals surface area contributed by atoms with E-state index in [1.165, 1.54) is 25.7 Å². The van der Waals surface area contributed by atoms with Gasteiger partial charge in [0.2, 0.25) is 5.91 Å². The topological polar surface area (TPSA) is 70.1 Å². The van der Waals surface area contributed by atoms with Crippen LogP contribution >= 0.6 is 0 Å². The van der Waals surface area contributed by atoms with Crippen LogP contribution in [0.4, 0.5) is 0 Å². The van der Waals surface area contributed by atoms with Gasteiger partial charge >= 0.3 is 5.97 Å². The Bertz CT molecular complexity index is 378. The first-order valence-electron chi connectivity index (χ1n) is 9.47. The summed E-state index contributed by atoms with van der Waals surface area (Å²) in [4.78, 5) is 25.6. The molecule has 0 aromatic carbocycles. The fraction of sp³-hybridized carbons (Fsp3) is 0.895. The fourth-order valence-electron chi connectivity index (χ4n) is 2.43. The third kappa shape index (κ3) is 16.1. The third-order valence-corrected chi connectivity index (χ3v) is 3.73. The number of nitrogens with zero attached hydrogens (tertiary/aromatic N) is 2. The predicted molar refractivity (Wildman–Crippen MR) is 99.5 cm³/mol. The van der Waals surface area contributed by atoms with Crippen LogP contribution in [0.1, 0.15) is 78.6 Å². The summed E-state index contributed by atoms with van der Waals surface area (Å²) in [5.41, 5.74) is -0.548. The van der Waals surface area contributed by atoms with Crippen molar-refractivity contribution in [2.45, 2.75) is 84.2 Å². The van der Waals surface area contributed by atoms with Gasteiger partial charge in [0.1, 0.15) is 5.60 Å². The van der Waals surface area contributed by atoms with Crippen molar-refractivity contribution >= 4 is 11.9 Å². The Morgan fingerprint density at radius 2 is 1.36 bits per heavy atom. The molecule has 0 spiro atoms. The Balaban J connectivity index is 3.60. The maximum atomic E-state index is 11.8. The smallest absolute Gasteiger partial charge is 0.308 e. The van der Waals surface area contributed by atoms with E-state index in [2.05, 4.69) is 19.0 Å². The molecule has 148 valence electrons. The predicted octanol–water partition coefficient (Wildman–Crippen LogP) is 3.62. The lowest BCUT2D eigenvalue weighted by atomic mass is 10.1. The molecule has 0 saturated carbocycles. The Hall–Kier alpha value is -1.14. The van der Waals surface area contributed by atoms with Crippen molar-refractivity contribution < 1.29 is 19.5 Å². The van der Waals surface area contributed by atoms with E-state index in [0.29, 0.717) is 11.5 Å². The highest BCUT2D eigenvalue weighted by Crippen LogP contribution is 2.11. The van der Waals surface area contributed by atoms with Crippen molar-refractivity contribution in [2.24, 2.45) is 0 Å². The van der Waals surface area contributed by atoms with E-state index in [4.69, 9.17) is 4.74 Å². The number of hydrogen-bond donors (Lipinski definition) is 1. The largest absolute Gasteiger partial charge is 0.460 e. The van der Waals surface area contributed by atoms with Crippen LogP contribution in [0.25, 0.3) is 0 Å². The van der Waals surface area contributed by atoms with Gasteiger partial charge in [-0.3, -0.25) is 14.8 Å². The number of carbonyl (C=O) groups excluding carboxylic acids is 2. The molecule has 6 nitrogen and oxygen atoms in total. The SMILES string of the molecule is CN(C)CCCCCCCCCC(=O)N(O)CCC(=O)OC(C)(C)C. The first kappa shape index (κ1) is 23.9. The molecule has 6 heteroatoms. The molecular weight excluding hydrogens is 320 g/mol. The lowest BCUT2D eigenvalue weighted by Gasteiger charge is -2.20. The lowest BCUT2D eigenvalue weighted by Crippen LogP contribution is -2.31. The van der Waals surface area contributed by atoms with Crippen molar-refractivity contribution in [1.29, 1.82) is 0 Å². The summed E-state index contributed by atoms with van der Waals surface area (Å²) in [5, 5.41) is 10.3. The van der Waals surface area contributed by atoms with Crippen LogP contribution in [0.15, 0.2) is 0 Å². The quantitative estimate of drug-likeness (QED) is 0.236. The van der Waals surface area contributed by atoms with Gasteiger partial charge in [0.25, 0.3) is 0 Å². The Kier molecular flexibility index (Phi) is 12.5. The van der Waals surface area contributed by atoms with Crippen molar-refractivity contribution in [3.8, 4) is 0 Å². The molecule has 1 amide bonds. The van der Waals surface area contributed by atoms with Gasteiger partial charge in [-0.1, -0.05) is 32.1 Å². The minimum absolute atomic E-state index is 0.00641. The molecule has 1 N–H and O–H groups in total. The summed E-state index contributed by atoms with van der Waals surface area (Å²) in [6.07, 6.45) is 8.16. The van der Waals surface area contributed by atoms with Gasteiger partial charge in [0.05, 0.1) is 13.0 Å². The van der Waals surface area contributed by atoms with Gasteiger partial charge < -0.3 is 9.64 Å². The van der Waals surface area contributed by atoms with Crippen molar-refractivity contribution in [3.05, 3.63) is 0 Å². The molecule has 0 unspecified atom stereocenters. The number of carbonyl (C=O) groups is 2. The second-order valence-corrected chi connectivity index (χ2v) is 7.88. The van der Waals surface area contributed by atoms with Crippen LogP contribution in [0.2, 0.25) is 0 Å². The highest BCUT2D eigenvalue weighted by molar-refractivity contribution is 5.76. The average molecular weight is 359 g/mol. The van der Waals surface area contributed by atoms with E-state index in [9.17, 15) is 14.8 Å². The van der Waals surface area contributed by atoms with Gasteiger partial charge in [-0.05, 0) is 54.3 Å². The highest BCUT2D eigenvalue weighted by Gasteiger charge is 2.18. The van der Waals surface area contributed by atoms with E-state index in [1.54, 1.807) is 20.8 Å². The summed E-state index contributed by atoms with van der Waals surface area (Å²) in [7, 11) is 4.18. The zero-order valence-corrected chi connectivity index (χ0v) is 16.8. The number of hydrogen-bond acceptors (Lipinski definition) is 5. The highest BCUT2D eigenvalue weighted by atomic mass is 16.6. The summed E-state index contributed by atoms with van der Waals surface area (Å²) in [6, 6.07) is 0. The van der Waals surface area contributed by atoms with Crippen LogP contribution in [-0.4, -0.2) is 59.8 Å². The van der Waals surface area contributed by atoms with E-state index in [-0.39, 0.29) is 18.9 Å². The first-order chi connectivity index (χ1) is 11.6. The van der Waals surface area contributed by atoms with Crippen LogP contribution in [0, 0.1) is 0 Å². The Labute approximate surface area is 153 Å². The Morgan fingerprint density at radius 3 is 1.88 bits per heavy atom. The number of unbranched alkanes of at least 4 members (excludes halogenated alkanes) is 6. The van der Waals surface area contributed by atoms with Gasteiger partial charge in [0, 0.05) is 6.42 Å². The van der Waals surface area contributed by atoms with Crippen molar-refractivity contribution in [3.63, 3.8) is 0 Å². The van der Waals surface area contributed by atoms with E-state index < -0.39 is 11.6 Å². The molecular formula is C19H38N2O4.